The number of nitrogens with one attached hydrogen (secondary N) is 2. The van der Waals surface area contributed by atoms with E-state index in [0.717, 1.165) is 38.1 Å². The normalized spacial score (nSPS) is 22.9. The van der Waals surface area contributed by atoms with Crippen molar-refractivity contribution in [2.75, 3.05) is 44.7 Å². The summed E-state index contributed by atoms with van der Waals surface area (Å²) >= 11 is 0. The van der Waals surface area contributed by atoms with Gasteiger partial charge in [0.05, 0.1) is 0 Å². The summed E-state index contributed by atoms with van der Waals surface area (Å²) in [5.41, 5.74) is 2.59. The summed E-state index contributed by atoms with van der Waals surface area (Å²) in [7, 11) is 1.87. The molecule has 29 heavy (non-hydrogen) atoms. The minimum absolute atomic E-state index is 0. The van der Waals surface area contributed by atoms with Crippen LogP contribution in [0, 0.1) is 5.92 Å². The molecule has 0 aromatic heterocycles. The first kappa shape index (κ1) is 22.4. The second-order valence-electron chi connectivity index (χ2n) is 8.51. The van der Waals surface area contributed by atoms with Gasteiger partial charge < -0.3 is 20.4 Å². The Morgan fingerprint density at radius 1 is 1.14 bits per heavy atom. The van der Waals surface area contributed by atoms with Gasteiger partial charge in [-0.05, 0) is 42.9 Å². The molecular weight excluding hydrogens is 473 g/mol. The molecule has 0 bridgehead atoms. The lowest BCUT2D eigenvalue weighted by atomic mass is 10.1. The van der Waals surface area contributed by atoms with Crippen LogP contribution in [-0.4, -0.2) is 56.7 Å². The zero-order valence-corrected chi connectivity index (χ0v) is 20.0. The van der Waals surface area contributed by atoms with E-state index >= 15 is 0 Å². The van der Waals surface area contributed by atoms with Crippen molar-refractivity contribution in [3.8, 4) is 0 Å². The Bertz CT molecular complexity index is 690. The summed E-state index contributed by atoms with van der Waals surface area (Å²) in [4.78, 5) is 9.48. The van der Waals surface area contributed by atoms with Gasteiger partial charge in [-0.3, -0.25) is 4.99 Å². The van der Waals surface area contributed by atoms with Crippen LogP contribution in [0.3, 0.4) is 0 Å². The number of likely N-dealkylation sites (tertiary alicyclic amines) is 1. The molecule has 4 rings (SSSR count). The lowest BCUT2D eigenvalue weighted by Gasteiger charge is -2.21. The number of benzene rings is 1. The number of halogens is 1. The van der Waals surface area contributed by atoms with Gasteiger partial charge in [-0.25, -0.2) is 0 Å². The molecule has 1 saturated carbocycles. The molecule has 1 aromatic rings. The Labute approximate surface area is 193 Å². The van der Waals surface area contributed by atoms with Gasteiger partial charge in [0.2, 0.25) is 0 Å². The molecule has 5 nitrogen and oxygen atoms in total. The molecule has 0 spiro atoms. The van der Waals surface area contributed by atoms with Gasteiger partial charge in [-0.1, -0.05) is 37.1 Å². The third-order valence-electron chi connectivity index (χ3n) is 6.38. The van der Waals surface area contributed by atoms with E-state index in [1.807, 2.05) is 7.05 Å². The Morgan fingerprint density at radius 3 is 2.69 bits per heavy atom. The molecule has 2 fully saturated rings. The van der Waals surface area contributed by atoms with Crippen LogP contribution in [0.4, 0.5) is 5.69 Å². The zero-order valence-electron chi connectivity index (χ0n) is 17.6. The first-order valence-corrected chi connectivity index (χ1v) is 11.0. The summed E-state index contributed by atoms with van der Waals surface area (Å²) in [6, 6.07) is 9.33. The predicted octanol–water partition coefficient (Wildman–Crippen LogP) is 3.61. The van der Waals surface area contributed by atoms with Gasteiger partial charge in [0.25, 0.3) is 0 Å². The highest BCUT2D eigenvalue weighted by Gasteiger charge is 2.26. The van der Waals surface area contributed by atoms with Crippen LogP contribution >= 0.6 is 24.0 Å². The van der Waals surface area contributed by atoms with Crippen LogP contribution in [0.25, 0.3) is 0 Å². The topological polar surface area (TPSA) is 42.9 Å². The van der Waals surface area contributed by atoms with Crippen LogP contribution < -0.4 is 15.5 Å². The average molecular weight is 509 g/mol. The lowest BCUT2D eigenvalue weighted by molar-refractivity contribution is 0.275. The van der Waals surface area contributed by atoms with E-state index in [1.165, 1.54) is 56.4 Å². The molecule has 2 aliphatic heterocycles. The van der Waals surface area contributed by atoms with E-state index in [-0.39, 0.29) is 24.0 Å². The number of hydrogen-bond donors (Lipinski definition) is 2. The zero-order chi connectivity index (χ0) is 19.2. The molecule has 3 aliphatic rings. The molecule has 1 atom stereocenters. The second-order valence-corrected chi connectivity index (χ2v) is 8.51. The Kier molecular flexibility index (Phi) is 8.66. The van der Waals surface area contributed by atoms with E-state index < -0.39 is 0 Å². The molecule has 6 heteroatoms. The number of nitrogens with zero attached hydrogens (tertiary/aromatic N) is 3. The maximum atomic E-state index is 4.45. The summed E-state index contributed by atoms with van der Waals surface area (Å²) in [6.45, 7) is 6.49. The summed E-state index contributed by atoms with van der Waals surface area (Å²) in [5, 5.41) is 7.14. The van der Waals surface area contributed by atoms with Crippen molar-refractivity contribution in [2.45, 2.75) is 44.7 Å². The average Bonchev–Trinajstić information content (AvgIpc) is 3.49. The van der Waals surface area contributed by atoms with Crippen molar-refractivity contribution >= 4 is 35.6 Å². The lowest BCUT2D eigenvalue weighted by Crippen LogP contribution is -2.44. The predicted molar refractivity (Wildman–Crippen MR) is 133 cm³/mol. The van der Waals surface area contributed by atoms with Crippen LogP contribution in [0.2, 0.25) is 0 Å². The van der Waals surface area contributed by atoms with E-state index in [1.54, 1.807) is 0 Å². The minimum Gasteiger partial charge on any atom is -0.364 e. The molecule has 1 aliphatic carbocycles. The highest BCUT2D eigenvalue weighted by atomic mass is 127. The fourth-order valence-electron chi connectivity index (χ4n) is 4.80. The van der Waals surface area contributed by atoms with Crippen LogP contribution in [0.15, 0.2) is 41.4 Å². The quantitative estimate of drug-likeness (QED) is 0.266. The number of aliphatic imine (C=N–C) groups is 1. The highest BCUT2D eigenvalue weighted by Crippen LogP contribution is 2.26. The third-order valence-corrected chi connectivity index (χ3v) is 6.38. The summed E-state index contributed by atoms with van der Waals surface area (Å²) < 4.78 is 0. The third kappa shape index (κ3) is 6.35. The standard InChI is InChI=1S/C23H35N5.HI/c1-24-23(26-21-11-14-27(18-21)17-19-7-2-3-8-19)25-16-20-9-6-10-22(15-20)28-12-4-5-13-28;/h4-6,9-10,15,19,21H,2-3,7-8,11-14,16-18H2,1H3,(H2,24,25,26);1H. The summed E-state index contributed by atoms with van der Waals surface area (Å²) in [6.07, 6.45) is 11.4. The Balaban J connectivity index is 0.00000240. The monoisotopic (exact) mass is 509 g/mol. The van der Waals surface area contributed by atoms with Gasteiger partial charge in [0.15, 0.2) is 5.96 Å². The van der Waals surface area contributed by atoms with Gasteiger partial charge in [0, 0.05) is 58.0 Å². The van der Waals surface area contributed by atoms with Crippen molar-refractivity contribution in [3.05, 3.63) is 42.0 Å². The smallest absolute Gasteiger partial charge is 0.191 e. The fraction of sp³-hybridized carbons (Fsp3) is 0.609. The van der Waals surface area contributed by atoms with Crippen molar-refractivity contribution in [1.82, 2.24) is 15.5 Å². The fourth-order valence-corrected chi connectivity index (χ4v) is 4.80. The Hall–Kier alpha value is -1.28. The second kappa shape index (κ2) is 11.2. The van der Waals surface area contributed by atoms with Crippen LogP contribution in [0.5, 0.6) is 0 Å². The molecule has 0 amide bonds. The highest BCUT2D eigenvalue weighted by molar-refractivity contribution is 14.0. The summed E-state index contributed by atoms with van der Waals surface area (Å²) in [5.74, 6) is 1.86. The van der Waals surface area contributed by atoms with Gasteiger partial charge in [-0.15, -0.1) is 24.0 Å². The molecule has 1 unspecified atom stereocenters. The van der Waals surface area contributed by atoms with Crippen molar-refractivity contribution in [1.29, 1.82) is 0 Å². The van der Waals surface area contributed by atoms with Gasteiger partial charge in [-0.2, -0.15) is 0 Å². The first-order valence-electron chi connectivity index (χ1n) is 11.0. The van der Waals surface area contributed by atoms with Crippen molar-refractivity contribution in [3.63, 3.8) is 0 Å². The van der Waals surface area contributed by atoms with Crippen molar-refractivity contribution < 1.29 is 0 Å². The molecule has 1 aromatic carbocycles. The largest absolute Gasteiger partial charge is 0.364 e. The van der Waals surface area contributed by atoms with E-state index in [9.17, 15) is 0 Å². The van der Waals surface area contributed by atoms with E-state index in [4.69, 9.17) is 0 Å². The van der Waals surface area contributed by atoms with Crippen LogP contribution in [0.1, 0.15) is 37.7 Å². The van der Waals surface area contributed by atoms with Crippen molar-refractivity contribution in [2.24, 2.45) is 10.9 Å². The van der Waals surface area contributed by atoms with Gasteiger partial charge in [0.1, 0.15) is 0 Å². The first-order chi connectivity index (χ1) is 13.8. The number of rotatable bonds is 6. The molecule has 1 saturated heterocycles. The van der Waals surface area contributed by atoms with Gasteiger partial charge >= 0.3 is 0 Å². The minimum atomic E-state index is 0. The Morgan fingerprint density at radius 2 is 1.93 bits per heavy atom. The number of hydrogen-bond acceptors (Lipinski definition) is 3. The molecule has 0 radical (unpaired) electrons. The molecule has 2 N–H and O–H groups in total. The number of anilines is 1. The maximum absolute atomic E-state index is 4.45. The maximum Gasteiger partial charge on any atom is 0.191 e. The SMILES string of the molecule is CN=C(NCc1cccc(N2CC=CC2)c1)NC1CCN(CC2CCCC2)C1.I. The molecule has 160 valence electrons. The number of guanidine groups is 1. The van der Waals surface area contributed by atoms with Crippen LogP contribution in [-0.2, 0) is 6.54 Å². The molecule has 2 heterocycles. The van der Waals surface area contributed by atoms with E-state index in [0.29, 0.717) is 6.04 Å². The molecular formula is C23H36IN5. The van der Waals surface area contributed by atoms with E-state index in [2.05, 4.69) is 61.8 Å².